The number of carbonyl (C=O) groups is 1. The van der Waals surface area contributed by atoms with Crippen LogP contribution < -0.4 is 13.8 Å². The van der Waals surface area contributed by atoms with Crippen molar-refractivity contribution < 1.29 is 22.1 Å². The zero-order chi connectivity index (χ0) is 25.6. The maximum absolute atomic E-state index is 13.2. The summed E-state index contributed by atoms with van der Waals surface area (Å²) in [7, 11) is -2.56. The molecule has 1 atom stereocenters. The predicted molar refractivity (Wildman–Crippen MR) is 138 cm³/mol. The minimum atomic E-state index is -4.09. The van der Waals surface area contributed by atoms with Gasteiger partial charge in [-0.2, -0.15) is 8.42 Å². The average molecular weight is 503 g/mol. The Balaban J connectivity index is 1.99. The smallest absolute Gasteiger partial charge is 0.339 e. The molecule has 2 aromatic carbocycles. The van der Waals surface area contributed by atoms with Gasteiger partial charge in [0, 0.05) is 48.9 Å². The van der Waals surface area contributed by atoms with Gasteiger partial charge < -0.3 is 18.7 Å². The first-order chi connectivity index (χ1) is 16.7. The third kappa shape index (κ3) is 6.28. The second kappa shape index (κ2) is 11.8. The van der Waals surface area contributed by atoms with E-state index in [0.29, 0.717) is 17.9 Å². The second-order valence-corrected chi connectivity index (χ2v) is 10.6. The number of hydrogen-bond acceptors (Lipinski definition) is 6. The molecular weight excluding hydrogens is 464 g/mol. The fourth-order valence-electron chi connectivity index (χ4n) is 4.19. The lowest BCUT2D eigenvalue weighted by Crippen LogP contribution is -2.43. The summed E-state index contributed by atoms with van der Waals surface area (Å²) >= 11 is 0. The van der Waals surface area contributed by atoms with Crippen molar-refractivity contribution in [1.82, 2.24) is 4.90 Å². The molecule has 0 aliphatic heterocycles. The van der Waals surface area contributed by atoms with Gasteiger partial charge in [-0.3, -0.25) is 4.79 Å². The summed E-state index contributed by atoms with van der Waals surface area (Å²) < 4.78 is 37.3. The lowest BCUT2D eigenvalue weighted by Gasteiger charge is -2.35. The molecule has 0 heterocycles. The summed E-state index contributed by atoms with van der Waals surface area (Å²) in [4.78, 5) is 17.3. The Kier molecular flexibility index (Phi) is 9.05. The molecule has 35 heavy (non-hydrogen) atoms. The van der Waals surface area contributed by atoms with E-state index in [1.54, 1.807) is 18.2 Å². The number of ether oxygens (including phenoxy) is 1. The molecule has 0 bridgehead atoms. The number of methoxy groups -OCH3 is 1. The monoisotopic (exact) mass is 502 g/mol. The third-order valence-corrected chi connectivity index (χ3v) is 8.18. The Morgan fingerprint density at radius 1 is 1.06 bits per heavy atom. The van der Waals surface area contributed by atoms with E-state index in [4.69, 9.17) is 8.92 Å². The molecule has 0 radical (unpaired) electrons. The minimum Gasteiger partial charge on any atom is -0.497 e. The summed E-state index contributed by atoms with van der Waals surface area (Å²) in [5.41, 5.74) is 1.55. The zero-order valence-electron chi connectivity index (χ0n) is 21.5. The van der Waals surface area contributed by atoms with Crippen LogP contribution in [0.4, 0.5) is 5.69 Å². The SMILES string of the molecule is CCC(C)N(Cc1ccc(N(CC)CC)cc1OS(=O)(=O)c1ccc(OC)cc1)C(=O)C1CCC1. The number of benzene rings is 2. The van der Waals surface area contributed by atoms with Gasteiger partial charge in [-0.05, 0) is 70.4 Å². The van der Waals surface area contributed by atoms with Crippen molar-refractivity contribution in [2.24, 2.45) is 5.92 Å². The van der Waals surface area contributed by atoms with E-state index in [1.165, 1.54) is 19.2 Å². The van der Waals surface area contributed by atoms with Gasteiger partial charge in [0.2, 0.25) is 5.91 Å². The van der Waals surface area contributed by atoms with Gasteiger partial charge in [0.15, 0.2) is 0 Å². The number of nitrogens with zero attached hydrogens (tertiary/aromatic N) is 2. The van der Waals surface area contributed by atoms with Crippen LogP contribution in [-0.2, 0) is 21.5 Å². The van der Waals surface area contributed by atoms with E-state index in [-0.39, 0.29) is 28.5 Å². The quantitative estimate of drug-likeness (QED) is 0.370. The fraction of sp³-hybridized carbons (Fsp3) is 0.519. The van der Waals surface area contributed by atoms with Crippen molar-refractivity contribution in [3.05, 3.63) is 48.0 Å². The highest BCUT2D eigenvalue weighted by Gasteiger charge is 2.32. The Hall–Kier alpha value is -2.74. The Morgan fingerprint density at radius 2 is 1.71 bits per heavy atom. The highest BCUT2D eigenvalue weighted by Crippen LogP contribution is 2.33. The van der Waals surface area contributed by atoms with Gasteiger partial charge >= 0.3 is 10.1 Å². The van der Waals surface area contributed by atoms with E-state index in [0.717, 1.165) is 44.5 Å². The van der Waals surface area contributed by atoms with E-state index < -0.39 is 10.1 Å². The van der Waals surface area contributed by atoms with E-state index in [2.05, 4.69) is 11.8 Å². The molecule has 1 unspecified atom stereocenters. The molecule has 1 fully saturated rings. The lowest BCUT2D eigenvalue weighted by molar-refractivity contribution is -0.141. The van der Waals surface area contributed by atoms with Crippen molar-refractivity contribution in [3.63, 3.8) is 0 Å². The van der Waals surface area contributed by atoms with Crippen LogP contribution >= 0.6 is 0 Å². The highest BCUT2D eigenvalue weighted by atomic mass is 32.2. The molecule has 8 heteroatoms. The number of anilines is 1. The van der Waals surface area contributed by atoms with Gasteiger partial charge in [0.1, 0.15) is 16.4 Å². The molecule has 1 aliphatic carbocycles. The molecule has 7 nitrogen and oxygen atoms in total. The van der Waals surface area contributed by atoms with Crippen LogP contribution in [0.1, 0.15) is 58.9 Å². The highest BCUT2D eigenvalue weighted by molar-refractivity contribution is 7.87. The van der Waals surface area contributed by atoms with Crippen LogP contribution in [0.2, 0.25) is 0 Å². The molecule has 2 aromatic rings. The minimum absolute atomic E-state index is 0.0385. The molecule has 1 amide bonds. The molecule has 192 valence electrons. The van der Waals surface area contributed by atoms with Crippen molar-refractivity contribution in [2.45, 2.75) is 70.9 Å². The summed E-state index contributed by atoms with van der Waals surface area (Å²) in [6.45, 7) is 10.0. The van der Waals surface area contributed by atoms with Crippen LogP contribution in [0.25, 0.3) is 0 Å². The summed E-state index contributed by atoms with van der Waals surface area (Å²) in [5, 5.41) is 0. The van der Waals surface area contributed by atoms with E-state index in [9.17, 15) is 13.2 Å². The van der Waals surface area contributed by atoms with Crippen LogP contribution in [0.3, 0.4) is 0 Å². The van der Waals surface area contributed by atoms with Crippen molar-refractivity contribution in [1.29, 1.82) is 0 Å². The maximum Gasteiger partial charge on any atom is 0.339 e. The molecule has 0 saturated heterocycles. The molecule has 3 rings (SSSR count). The van der Waals surface area contributed by atoms with Gasteiger partial charge in [-0.25, -0.2) is 0 Å². The first kappa shape index (κ1) is 26.9. The number of hydrogen-bond donors (Lipinski definition) is 0. The Bertz CT molecular complexity index is 1090. The van der Waals surface area contributed by atoms with Crippen molar-refractivity contribution >= 4 is 21.7 Å². The van der Waals surface area contributed by atoms with Crippen molar-refractivity contribution in [3.8, 4) is 11.5 Å². The lowest BCUT2D eigenvalue weighted by atomic mass is 9.84. The Morgan fingerprint density at radius 3 is 2.23 bits per heavy atom. The standard InChI is InChI=1S/C27H38N2O5S/c1-6-20(4)29(27(30)21-10-9-11-21)19-22-12-13-23(28(7-2)8-3)18-26(22)34-35(31,32)25-16-14-24(33-5)15-17-25/h12-18,20-21H,6-11,19H2,1-5H3. The van der Waals surface area contributed by atoms with Gasteiger partial charge in [-0.1, -0.05) is 19.4 Å². The fourth-order valence-corrected chi connectivity index (χ4v) is 5.15. The normalized spacial score (nSPS) is 14.7. The predicted octanol–water partition coefficient (Wildman–Crippen LogP) is 5.24. The van der Waals surface area contributed by atoms with Gasteiger partial charge in [0.05, 0.1) is 7.11 Å². The van der Waals surface area contributed by atoms with Crippen LogP contribution in [-0.4, -0.2) is 45.5 Å². The zero-order valence-corrected chi connectivity index (χ0v) is 22.3. The first-order valence-electron chi connectivity index (χ1n) is 12.5. The van der Waals surface area contributed by atoms with Crippen LogP contribution in [0.15, 0.2) is 47.4 Å². The van der Waals surface area contributed by atoms with E-state index >= 15 is 0 Å². The topological polar surface area (TPSA) is 76.2 Å². The maximum atomic E-state index is 13.2. The molecule has 1 saturated carbocycles. The second-order valence-electron chi connectivity index (χ2n) is 9.03. The largest absolute Gasteiger partial charge is 0.497 e. The number of carbonyl (C=O) groups excluding carboxylic acids is 1. The van der Waals surface area contributed by atoms with E-state index in [1.807, 2.05) is 37.8 Å². The summed E-state index contributed by atoms with van der Waals surface area (Å²) in [6, 6.07) is 11.8. The summed E-state index contributed by atoms with van der Waals surface area (Å²) in [6.07, 6.45) is 3.73. The third-order valence-electron chi connectivity index (χ3n) is 6.93. The number of rotatable bonds is 12. The van der Waals surface area contributed by atoms with Crippen LogP contribution in [0, 0.1) is 5.92 Å². The number of amides is 1. The summed E-state index contributed by atoms with van der Waals surface area (Å²) in [5.74, 6) is 1.01. The average Bonchev–Trinajstić information content (AvgIpc) is 2.82. The molecule has 0 spiro atoms. The molecule has 0 N–H and O–H groups in total. The molecule has 1 aliphatic rings. The Labute approximate surface area is 210 Å². The first-order valence-corrected chi connectivity index (χ1v) is 13.9. The van der Waals surface area contributed by atoms with Crippen molar-refractivity contribution in [2.75, 3.05) is 25.1 Å². The van der Waals surface area contributed by atoms with Gasteiger partial charge in [-0.15, -0.1) is 0 Å². The van der Waals surface area contributed by atoms with Crippen LogP contribution in [0.5, 0.6) is 11.5 Å². The molecular formula is C27H38N2O5S. The molecule has 0 aromatic heterocycles. The van der Waals surface area contributed by atoms with Gasteiger partial charge in [0.25, 0.3) is 0 Å².